The third-order valence-electron chi connectivity index (χ3n) is 3.34. The predicted molar refractivity (Wildman–Crippen MR) is 72.4 cm³/mol. The van der Waals surface area contributed by atoms with E-state index < -0.39 is 0 Å². The molecule has 1 saturated carbocycles. The van der Waals surface area contributed by atoms with Gasteiger partial charge in [0.25, 0.3) is 0 Å². The van der Waals surface area contributed by atoms with Gasteiger partial charge in [0.05, 0.1) is 10.4 Å². The summed E-state index contributed by atoms with van der Waals surface area (Å²) in [6.45, 7) is 1.01. The number of nitriles is 1. The Morgan fingerprint density at radius 2 is 2.12 bits per heavy atom. The van der Waals surface area contributed by atoms with E-state index in [-0.39, 0.29) is 0 Å². The van der Waals surface area contributed by atoms with E-state index in [1.54, 1.807) is 11.3 Å². The van der Waals surface area contributed by atoms with Gasteiger partial charge in [-0.15, -0.1) is 11.3 Å². The summed E-state index contributed by atoms with van der Waals surface area (Å²) in [5, 5.41) is 12.4. The number of nitrogens with zero attached hydrogens (tertiary/aromatic N) is 1. The molecule has 1 aliphatic rings. The van der Waals surface area contributed by atoms with Crippen molar-refractivity contribution in [2.24, 2.45) is 5.92 Å². The maximum absolute atomic E-state index is 8.82. The first-order valence-electron chi connectivity index (χ1n) is 6.15. The Morgan fingerprint density at radius 3 is 2.71 bits per heavy atom. The number of hydrogen-bond acceptors (Lipinski definition) is 3. The number of halogens is 1. The van der Waals surface area contributed by atoms with E-state index in [2.05, 4.69) is 17.5 Å². The van der Waals surface area contributed by atoms with Crippen molar-refractivity contribution < 1.29 is 0 Å². The topological polar surface area (TPSA) is 35.8 Å². The van der Waals surface area contributed by atoms with Crippen LogP contribution in [0.1, 0.15) is 30.6 Å². The summed E-state index contributed by atoms with van der Waals surface area (Å²) in [5.41, 5.74) is 0. The average molecular weight is 269 g/mol. The molecule has 0 amide bonds. The second-order valence-corrected chi connectivity index (χ2v) is 6.39. The largest absolute Gasteiger partial charge is 0.314 e. The van der Waals surface area contributed by atoms with Crippen LogP contribution in [-0.4, -0.2) is 12.6 Å². The number of hydrogen-bond donors (Lipinski definition) is 1. The highest BCUT2D eigenvalue weighted by Gasteiger charge is 2.19. The van der Waals surface area contributed by atoms with Crippen LogP contribution in [0.25, 0.3) is 0 Å². The van der Waals surface area contributed by atoms with Crippen LogP contribution in [0.3, 0.4) is 0 Å². The smallest absolute Gasteiger partial charge is 0.0931 e. The first-order chi connectivity index (χ1) is 8.28. The van der Waals surface area contributed by atoms with Gasteiger partial charge in [-0.05, 0) is 44.2 Å². The molecule has 2 nitrogen and oxygen atoms in total. The Kier molecular flexibility index (Phi) is 4.85. The van der Waals surface area contributed by atoms with E-state index in [9.17, 15) is 0 Å². The van der Waals surface area contributed by atoms with Crippen LogP contribution in [-0.2, 0) is 6.42 Å². The van der Waals surface area contributed by atoms with Crippen LogP contribution >= 0.6 is 22.9 Å². The number of nitrogens with one attached hydrogen (secondary N) is 1. The lowest BCUT2D eigenvalue weighted by atomic mass is 9.87. The highest BCUT2D eigenvalue weighted by molar-refractivity contribution is 7.16. The molecule has 1 aromatic rings. The maximum atomic E-state index is 8.82. The summed E-state index contributed by atoms with van der Waals surface area (Å²) < 4.78 is 0.870. The standard InChI is InChI=1S/C13H17ClN2S/c14-13-6-5-12(17-13)7-8-16-11-3-1-10(9-15)2-4-11/h5-6,10-11,16H,1-4,7-8H2. The van der Waals surface area contributed by atoms with E-state index >= 15 is 0 Å². The van der Waals surface area contributed by atoms with Crippen LogP contribution in [0.4, 0.5) is 0 Å². The van der Waals surface area contributed by atoms with E-state index in [0.29, 0.717) is 12.0 Å². The fourth-order valence-electron chi connectivity index (χ4n) is 2.31. The molecule has 1 aromatic heterocycles. The first-order valence-corrected chi connectivity index (χ1v) is 7.34. The summed E-state index contributed by atoms with van der Waals surface area (Å²) in [6.07, 6.45) is 5.44. The quantitative estimate of drug-likeness (QED) is 0.905. The molecule has 0 saturated heterocycles. The Balaban J connectivity index is 1.65. The van der Waals surface area contributed by atoms with Gasteiger partial charge in [0.1, 0.15) is 0 Å². The van der Waals surface area contributed by atoms with Gasteiger partial charge in [0.15, 0.2) is 0 Å². The Bertz CT molecular complexity index is 388. The molecule has 0 bridgehead atoms. The lowest BCUT2D eigenvalue weighted by Crippen LogP contribution is -2.34. The van der Waals surface area contributed by atoms with E-state index in [4.69, 9.17) is 16.9 Å². The third kappa shape index (κ3) is 3.99. The van der Waals surface area contributed by atoms with Gasteiger partial charge in [0.2, 0.25) is 0 Å². The molecule has 1 aliphatic carbocycles. The van der Waals surface area contributed by atoms with Gasteiger partial charge in [0, 0.05) is 23.4 Å². The van der Waals surface area contributed by atoms with Crippen LogP contribution in [0.2, 0.25) is 4.34 Å². The van der Waals surface area contributed by atoms with Gasteiger partial charge < -0.3 is 5.32 Å². The summed E-state index contributed by atoms with van der Waals surface area (Å²) in [6, 6.07) is 7.03. The molecular weight excluding hydrogens is 252 g/mol. The summed E-state index contributed by atoms with van der Waals surface area (Å²) in [7, 11) is 0. The minimum absolute atomic E-state index is 0.296. The van der Waals surface area contributed by atoms with Crippen molar-refractivity contribution in [2.75, 3.05) is 6.54 Å². The van der Waals surface area contributed by atoms with E-state index in [1.165, 1.54) is 4.88 Å². The molecule has 2 rings (SSSR count). The Hall–Kier alpha value is -0.560. The molecule has 1 heterocycles. The Morgan fingerprint density at radius 1 is 1.35 bits per heavy atom. The lowest BCUT2D eigenvalue weighted by Gasteiger charge is -2.25. The monoisotopic (exact) mass is 268 g/mol. The van der Waals surface area contributed by atoms with Crippen molar-refractivity contribution >= 4 is 22.9 Å². The van der Waals surface area contributed by atoms with Crippen molar-refractivity contribution in [3.63, 3.8) is 0 Å². The molecule has 0 spiro atoms. The van der Waals surface area contributed by atoms with Crippen LogP contribution in [0.15, 0.2) is 12.1 Å². The first kappa shape index (κ1) is 12.9. The molecule has 0 aliphatic heterocycles. The predicted octanol–water partition coefficient (Wildman–Crippen LogP) is 3.62. The van der Waals surface area contributed by atoms with Gasteiger partial charge in [-0.25, -0.2) is 0 Å². The molecule has 4 heteroatoms. The second-order valence-electron chi connectivity index (χ2n) is 4.59. The maximum Gasteiger partial charge on any atom is 0.0931 e. The molecule has 17 heavy (non-hydrogen) atoms. The lowest BCUT2D eigenvalue weighted by molar-refractivity contribution is 0.334. The second kappa shape index (κ2) is 6.39. The van der Waals surface area contributed by atoms with Crippen LogP contribution in [0, 0.1) is 17.2 Å². The molecule has 1 N–H and O–H groups in total. The zero-order valence-corrected chi connectivity index (χ0v) is 11.4. The molecule has 0 atom stereocenters. The van der Waals surface area contributed by atoms with Crippen molar-refractivity contribution in [1.82, 2.24) is 5.32 Å². The fraction of sp³-hybridized carbons (Fsp3) is 0.615. The van der Waals surface area contributed by atoms with Crippen molar-refractivity contribution in [1.29, 1.82) is 5.26 Å². The van der Waals surface area contributed by atoms with Gasteiger partial charge in [-0.2, -0.15) is 5.26 Å². The normalized spacial score (nSPS) is 24.5. The van der Waals surface area contributed by atoms with Crippen molar-refractivity contribution in [3.8, 4) is 6.07 Å². The Labute approximate surface area is 112 Å². The molecule has 1 fully saturated rings. The van der Waals surface area contributed by atoms with Crippen LogP contribution < -0.4 is 5.32 Å². The third-order valence-corrected chi connectivity index (χ3v) is 4.63. The zero-order valence-electron chi connectivity index (χ0n) is 9.79. The minimum atomic E-state index is 0.296. The average Bonchev–Trinajstić information content (AvgIpc) is 2.76. The zero-order chi connectivity index (χ0) is 12.1. The fourth-order valence-corrected chi connectivity index (χ4v) is 3.40. The number of thiophene rings is 1. The van der Waals surface area contributed by atoms with Crippen molar-refractivity contribution in [3.05, 3.63) is 21.3 Å². The molecule has 92 valence electrons. The summed E-state index contributed by atoms with van der Waals surface area (Å²) in [5.74, 6) is 0.296. The highest BCUT2D eigenvalue weighted by Crippen LogP contribution is 2.24. The summed E-state index contributed by atoms with van der Waals surface area (Å²) in [4.78, 5) is 1.34. The molecular formula is C13H17ClN2S. The minimum Gasteiger partial charge on any atom is -0.314 e. The van der Waals surface area contributed by atoms with E-state index in [0.717, 1.165) is 43.0 Å². The molecule has 0 aromatic carbocycles. The van der Waals surface area contributed by atoms with Crippen LogP contribution in [0.5, 0.6) is 0 Å². The highest BCUT2D eigenvalue weighted by atomic mass is 35.5. The van der Waals surface area contributed by atoms with Gasteiger partial charge in [-0.3, -0.25) is 0 Å². The van der Waals surface area contributed by atoms with Gasteiger partial charge in [-0.1, -0.05) is 11.6 Å². The SMILES string of the molecule is N#CC1CCC(NCCc2ccc(Cl)s2)CC1. The van der Waals surface area contributed by atoms with Gasteiger partial charge >= 0.3 is 0 Å². The van der Waals surface area contributed by atoms with E-state index in [1.807, 2.05) is 6.07 Å². The molecule has 0 unspecified atom stereocenters. The summed E-state index contributed by atoms with van der Waals surface area (Å²) >= 11 is 7.55. The van der Waals surface area contributed by atoms with Crippen molar-refractivity contribution in [2.45, 2.75) is 38.1 Å². The molecule has 0 radical (unpaired) electrons. The number of rotatable bonds is 4.